The standard InChI is InChI=1S/C14H14ClNOS/c1-10-5-6-13(18-10)9-16-14(17)12-4-2-3-11(7-12)8-15/h2-7H,8-9H2,1H3,(H,16,17). The van der Waals surface area contributed by atoms with Crippen LogP contribution >= 0.6 is 22.9 Å². The minimum atomic E-state index is -0.0620. The van der Waals surface area contributed by atoms with Crippen LogP contribution in [0.15, 0.2) is 36.4 Å². The van der Waals surface area contributed by atoms with Crippen LogP contribution < -0.4 is 5.32 Å². The summed E-state index contributed by atoms with van der Waals surface area (Å²) in [7, 11) is 0. The number of hydrogen-bond donors (Lipinski definition) is 1. The smallest absolute Gasteiger partial charge is 0.251 e. The van der Waals surface area contributed by atoms with Crippen molar-refractivity contribution in [1.29, 1.82) is 0 Å². The molecule has 4 heteroatoms. The average Bonchev–Trinajstić information content (AvgIpc) is 2.82. The first kappa shape index (κ1) is 13.1. The third kappa shape index (κ3) is 3.34. The van der Waals surface area contributed by atoms with Crippen LogP contribution in [0.4, 0.5) is 0 Å². The van der Waals surface area contributed by atoms with Crippen LogP contribution in [0.25, 0.3) is 0 Å². The SMILES string of the molecule is Cc1ccc(CNC(=O)c2cccc(CCl)c2)s1. The van der Waals surface area contributed by atoms with Gasteiger partial charge in [0.1, 0.15) is 0 Å². The van der Waals surface area contributed by atoms with Gasteiger partial charge in [-0.2, -0.15) is 0 Å². The van der Waals surface area contributed by atoms with Gasteiger partial charge in [-0.25, -0.2) is 0 Å². The third-order valence-corrected chi connectivity index (χ3v) is 3.87. The van der Waals surface area contributed by atoms with Gasteiger partial charge in [0.2, 0.25) is 0 Å². The molecule has 94 valence electrons. The van der Waals surface area contributed by atoms with E-state index in [1.54, 1.807) is 17.4 Å². The molecule has 0 saturated heterocycles. The van der Waals surface area contributed by atoms with Crippen LogP contribution in [0.1, 0.15) is 25.7 Å². The monoisotopic (exact) mass is 279 g/mol. The maximum Gasteiger partial charge on any atom is 0.251 e. The highest BCUT2D eigenvalue weighted by atomic mass is 35.5. The molecule has 0 aliphatic carbocycles. The van der Waals surface area contributed by atoms with Gasteiger partial charge in [0, 0.05) is 21.2 Å². The van der Waals surface area contributed by atoms with E-state index in [1.807, 2.05) is 24.3 Å². The molecule has 0 saturated carbocycles. The fourth-order valence-electron chi connectivity index (χ4n) is 1.65. The molecule has 1 amide bonds. The zero-order chi connectivity index (χ0) is 13.0. The molecular formula is C14H14ClNOS. The van der Waals surface area contributed by atoms with Crippen molar-refractivity contribution in [3.8, 4) is 0 Å². The quantitative estimate of drug-likeness (QED) is 0.849. The second-order valence-corrected chi connectivity index (χ2v) is 5.67. The van der Waals surface area contributed by atoms with Crippen LogP contribution in [0.2, 0.25) is 0 Å². The second kappa shape index (κ2) is 6.03. The van der Waals surface area contributed by atoms with E-state index in [1.165, 1.54) is 4.88 Å². The molecule has 0 aliphatic heterocycles. The zero-order valence-electron chi connectivity index (χ0n) is 10.1. The van der Waals surface area contributed by atoms with Gasteiger partial charge in [0.05, 0.1) is 6.54 Å². The highest BCUT2D eigenvalue weighted by Crippen LogP contribution is 2.15. The summed E-state index contributed by atoms with van der Waals surface area (Å²) in [5.41, 5.74) is 1.61. The van der Waals surface area contributed by atoms with Crippen LogP contribution in [-0.4, -0.2) is 5.91 Å². The van der Waals surface area contributed by atoms with Crippen LogP contribution in [-0.2, 0) is 12.4 Å². The summed E-state index contributed by atoms with van der Waals surface area (Å²) in [5.74, 6) is 0.360. The largest absolute Gasteiger partial charge is 0.347 e. The number of nitrogens with one attached hydrogen (secondary N) is 1. The third-order valence-electron chi connectivity index (χ3n) is 2.56. The lowest BCUT2D eigenvalue weighted by atomic mass is 10.1. The van der Waals surface area contributed by atoms with Gasteiger partial charge in [-0.3, -0.25) is 4.79 Å². The molecule has 0 radical (unpaired) electrons. The number of rotatable bonds is 4. The lowest BCUT2D eigenvalue weighted by Gasteiger charge is -2.04. The van der Waals surface area contributed by atoms with Crippen LogP contribution in [0.3, 0.4) is 0 Å². The van der Waals surface area contributed by atoms with Crippen LogP contribution in [0, 0.1) is 6.92 Å². The van der Waals surface area contributed by atoms with Gasteiger partial charge >= 0.3 is 0 Å². The fourth-order valence-corrected chi connectivity index (χ4v) is 2.64. The Morgan fingerprint density at radius 3 is 2.83 bits per heavy atom. The number of carbonyl (C=O) groups excluding carboxylic acids is 1. The topological polar surface area (TPSA) is 29.1 Å². The number of halogens is 1. The molecule has 1 N–H and O–H groups in total. The number of amides is 1. The van der Waals surface area contributed by atoms with Crippen molar-refractivity contribution in [1.82, 2.24) is 5.32 Å². The minimum absolute atomic E-state index is 0.0620. The molecule has 1 aromatic carbocycles. The fraction of sp³-hybridized carbons (Fsp3) is 0.214. The Morgan fingerprint density at radius 1 is 1.33 bits per heavy atom. The van der Waals surface area contributed by atoms with Gasteiger partial charge < -0.3 is 5.32 Å². The van der Waals surface area contributed by atoms with Gasteiger partial charge in [-0.1, -0.05) is 12.1 Å². The number of benzene rings is 1. The molecule has 0 unspecified atom stereocenters. The van der Waals surface area contributed by atoms with E-state index in [2.05, 4.69) is 18.3 Å². The molecule has 1 aromatic heterocycles. The Hall–Kier alpha value is -1.32. The molecule has 18 heavy (non-hydrogen) atoms. The van der Waals surface area contributed by atoms with Gasteiger partial charge in [-0.15, -0.1) is 22.9 Å². The Bertz CT molecular complexity index is 550. The van der Waals surface area contributed by atoms with Crippen molar-refractivity contribution in [2.45, 2.75) is 19.3 Å². The van der Waals surface area contributed by atoms with Gasteiger partial charge in [-0.05, 0) is 36.8 Å². The van der Waals surface area contributed by atoms with Crippen molar-refractivity contribution in [3.63, 3.8) is 0 Å². The zero-order valence-corrected chi connectivity index (χ0v) is 11.6. The molecule has 0 spiro atoms. The van der Waals surface area contributed by atoms with Crippen molar-refractivity contribution in [2.75, 3.05) is 0 Å². The highest BCUT2D eigenvalue weighted by Gasteiger charge is 2.06. The predicted octanol–water partition coefficient (Wildman–Crippen LogP) is 3.73. The number of carbonyl (C=O) groups is 1. The molecule has 0 atom stereocenters. The molecule has 0 fully saturated rings. The molecule has 0 bridgehead atoms. The minimum Gasteiger partial charge on any atom is -0.347 e. The first-order chi connectivity index (χ1) is 8.69. The average molecular weight is 280 g/mol. The normalized spacial score (nSPS) is 10.3. The van der Waals surface area contributed by atoms with Gasteiger partial charge in [0.15, 0.2) is 0 Å². The lowest BCUT2D eigenvalue weighted by Crippen LogP contribution is -2.22. The van der Waals surface area contributed by atoms with E-state index in [-0.39, 0.29) is 5.91 Å². The molecular weight excluding hydrogens is 266 g/mol. The van der Waals surface area contributed by atoms with Gasteiger partial charge in [0.25, 0.3) is 5.91 Å². The van der Waals surface area contributed by atoms with Crippen molar-refractivity contribution < 1.29 is 4.79 Å². The molecule has 1 heterocycles. The molecule has 2 nitrogen and oxygen atoms in total. The summed E-state index contributed by atoms with van der Waals surface area (Å²) in [6.07, 6.45) is 0. The van der Waals surface area contributed by atoms with E-state index in [9.17, 15) is 4.79 Å². The number of aryl methyl sites for hydroxylation is 1. The first-order valence-electron chi connectivity index (χ1n) is 5.67. The summed E-state index contributed by atoms with van der Waals surface area (Å²) in [5, 5.41) is 2.91. The van der Waals surface area contributed by atoms with E-state index >= 15 is 0 Å². The Morgan fingerprint density at radius 2 is 2.17 bits per heavy atom. The van der Waals surface area contributed by atoms with Crippen molar-refractivity contribution in [2.24, 2.45) is 0 Å². The lowest BCUT2D eigenvalue weighted by molar-refractivity contribution is 0.0951. The Kier molecular flexibility index (Phi) is 4.39. The summed E-state index contributed by atoms with van der Waals surface area (Å²) in [6, 6.07) is 11.5. The summed E-state index contributed by atoms with van der Waals surface area (Å²) in [6.45, 7) is 2.63. The van der Waals surface area contributed by atoms with E-state index in [0.29, 0.717) is 18.0 Å². The Balaban J connectivity index is 1.99. The maximum atomic E-state index is 11.9. The highest BCUT2D eigenvalue weighted by molar-refractivity contribution is 7.11. The van der Waals surface area contributed by atoms with Crippen molar-refractivity contribution >= 4 is 28.8 Å². The second-order valence-electron chi connectivity index (χ2n) is 4.03. The Labute approximate surface area is 116 Å². The molecule has 0 aliphatic rings. The maximum absolute atomic E-state index is 11.9. The predicted molar refractivity (Wildman–Crippen MR) is 76.2 cm³/mol. The van der Waals surface area contributed by atoms with Crippen LogP contribution in [0.5, 0.6) is 0 Å². The number of hydrogen-bond acceptors (Lipinski definition) is 2. The molecule has 2 aromatic rings. The number of alkyl halides is 1. The summed E-state index contributed by atoms with van der Waals surface area (Å²) < 4.78 is 0. The van der Waals surface area contributed by atoms with E-state index in [4.69, 9.17) is 11.6 Å². The number of thiophene rings is 1. The summed E-state index contributed by atoms with van der Waals surface area (Å²) >= 11 is 7.45. The summed E-state index contributed by atoms with van der Waals surface area (Å²) in [4.78, 5) is 14.4. The van der Waals surface area contributed by atoms with E-state index in [0.717, 1.165) is 10.4 Å². The van der Waals surface area contributed by atoms with E-state index < -0.39 is 0 Å². The first-order valence-corrected chi connectivity index (χ1v) is 7.02. The molecule has 2 rings (SSSR count). The van der Waals surface area contributed by atoms with Crippen molar-refractivity contribution in [3.05, 3.63) is 57.3 Å².